The first-order chi connectivity index (χ1) is 21.1. The summed E-state index contributed by atoms with van der Waals surface area (Å²) in [5.41, 5.74) is 2.51. The average molecular weight is 603 g/mol. The Balaban J connectivity index is 0.00000259. The number of nitriles is 1. The molecule has 0 saturated carbocycles. The summed E-state index contributed by atoms with van der Waals surface area (Å²) in [6, 6.07) is 9.89. The standard InChI is InChI=1S/C30H29FN6O5.C2H6/c1-17(22-6-4-19(11-26(22)42-3)21-10-18(12-32)13-33-14-21)34-30(41)35-24-7-5-20(16-38)23(28(24)31)15-37(2)25-8-9-27(39)36-29(25)40;1-2/h4-7,10-11,13-14,16-17,25H,8-9,15H2,1-3H3,(H2,34,35,41)(H,36,39,40);1-2H3. The monoisotopic (exact) mass is 602 g/mol. The van der Waals surface area contributed by atoms with Crippen molar-refractivity contribution < 1.29 is 28.3 Å². The Hall–Kier alpha value is -5.15. The number of hydrogen-bond donors (Lipinski definition) is 3. The van der Waals surface area contributed by atoms with Gasteiger partial charge in [-0.2, -0.15) is 5.26 Å². The molecule has 230 valence electrons. The molecule has 44 heavy (non-hydrogen) atoms. The Morgan fingerprint density at radius 1 is 1.23 bits per heavy atom. The number of aromatic nitrogens is 1. The number of carbonyl (C=O) groups is 4. The fraction of sp³-hybridized carbons (Fsp3) is 0.312. The molecule has 4 rings (SSSR count). The molecular formula is C32H35FN6O5. The molecule has 0 bridgehead atoms. The number of benzene rings is 2. The maximum absolute atomic E-state index is 15.6. The molecule has 4 amide bonds. The zero-order valence-corrected chi connectivity index (χ0v) is 25.2. The van der Waals surface area contributed by atoms with Crippen LogP contribution in [0.5, 0.6) is 5.75 Å². The Kier molecular flexibility index (Phi) is 11.6. The van der Waals surface area contributed by atoms with Crippen LogP contribution < -0.4 is 20.7 Å². The number of likely N-dealkylation sites (N-methyl/N-ethyl adjacent to an activating group) is 1. The lowest BCUT2D eigenvalue weighted by Gasteiger charge is -2.30. The molecule has 1 aliphatic heterocycles. The second kappa shape index (κ2) is 15.4. The van der Waals surface area contributed by atoms with E-state index in [2.05, 4.69) is 27.0 Å². The number of ether oxygens (including phenoxy) is 1. The molecule has 3 aromatic rings. The number of aldehydes is 1. The smallest absolute Gasteiger partial charge is 0.319 e. The molecule has 2 aromatic carbocycles. The van der Waals surface area contributed by atoms with E-state index >= 15 is 4.39 Å². The van der Waals surface area contributed by atoms with Crippen molar-refractivity contribution in [2.45, 2.75) is 52.2 Å². The highest BCUT2D eigenvalue weighted by Crippen LogP contribution is 2.31. The Morgan fingerprint density at radius 3 is 2.64 bits per heavy atom. The van der Waals surface area contributed by atoms with E-state index in [9.17, 15) is 19.2 Å². The van der Waals surface area contributed by atoms with Crippen LogP contribution in [-0.4, -0.2) is 54.2 Å². The van der Waals surface area contributed by atoms with Crippen molar-refractivity contribution in [1.29, 1.82) is 5.26 Å². The van der Waals surface area contributed by atoms with Gasteiger partial charge >= 0.3 is 6.03 Å². The number of rotatable bonds is 9. The van der Waals surface area contributed by atoms with Crippen LogP contribution in [0.15, 0.2) is 48.8 Å². The van der Waals surface area contributed by atoms with E-state index in [-0.39, 0.29) is 42.1 Å². The van der Waals surface area contributed by atoms with Gasteiger partial charge in [-0.3, -0.25) is 29.6 Å². The highest BCUT2D eigenvalue weighted by molar-refractivity contribution is 6.00. The summed E-state index contributed by atoms with van der Waals surface area (Å²) in [6.07, 6.45) is 4.03. The molecule has 1 saturated heterocycles. The third kappa shape index (κ3) is 7.81. The van der Waals surface area contributed by atoms with E-state index < -0.39 is 29.8 Å². The lowest BCUT2D eigenvalue weighted by Crippen LogP contribution is -2.51. The van der Waals surface area contributed by atoms with Gasteiger partial charge in [-0.25, -0.2) is 9.18 Å². The number of hydrogen-bond acceptors (Lipinski definition) is 8. The second-order valence-electron chi connectivity index (χ2n) is 9.85. The largest absolute Gasteiger partial charge is 0.496 e. The van der Waals surface area contributed by atoms with Gasteiger partial charge in [0.05, 0.1) is 30.4 Å². The molecule has 0 radical (unpaired) electrons. The number of nitrogens with zero attached hydrogens (tertiary/aromatic N) is 3. The van der Waals surface area contributed by atoms with Crippen molar-refractivity contribution in [3.63, 3.8) is 0 Å². The van der Waals surface area contributed by atoms with Crippen LogP contribution in [0.3, 0.4) is 0 Å². The quantitative estimate of drug-likeness (QED) is 0.235. The lowest BCUT2D eigenvalue weighted by molar-refractivity contribution is -0.137. The summed E-state index contributed by atoms with van der Waals surface area (Å²) in [4.78, 5) is 53.9. The van der Waals surface area contributed by atoms with Gasteiger partial charge in [-0.1, -0.05) is 26.0 Å². The zero-order valence-electron chi connectivity index (χ0n) is 25.2. The number of piperidine rings is 1. The van der Waals surface area contributed by atoms with Crippen molar-refractivity contribution in [2.24, 2.45) is 0 Å². The molecule has 2 heterocycles. The van der Waals surface area contributed by atoms with Crippen molar-refractivity contribution in [1.82, 2.24) is 20.5 Å². The van der Waals surface area contributed by atoms with Gasteiger partial charge in [0.1, 0.15) is 18.1 Å². The predicted octanol–water partition coefficient (Wildman–Crippen LogP) is 4.73. The first-order valence-corrected chi connectivity index (χ1v) is 14.1. The molecule has 1 aromatic heterocycles. The number of pyridine rings is 1. The summed E-state index contributed by atoms with van der Waals surface area (Å²) < 4.78 is 21.1. The SMILES string of the molecule is CC.COc1cc(-c2cncc(C#N)c2)ccc1C(C)NC(=O)Nc1ccc(C=O)c(CN(C)C2CCC(=O)NC2=O)c1F. The normalized spacial score (nSPS) is 14.8. The molecule has 2 atom stereocenters. The minimum atomic E-state index is -0.809. The fourth-order valence-electron chi connectivity index (χ4n) is 4.81. The topological polar surface area (TPSA) is 154 Å². The number of imide groups is 1. The summed E-state index contributed by atoms with van der Waals surface area (Å²) in [5.74, 6) is -1.17. The highest BCUT2D eigenvalue weighted by Gasteiger charge is 2.31. The number of methoxy groups -OCH3 is 1. The van der Waals surface area contributed by atoms with Crippen LogP contribution in [0.2, 0.25) is 0 Å². The molecule has 0 spiro atoms. The third-order valence-electron chi connectivity index (χ3n) is 7.05. The predicted molar refractivity (Wildman–Crippen MR) is 162 cm³/mol. The van der Waals surface area contributed by atoms with E-state index in [1.807, 2.05) is 19.9 Å². The van der Waals surface area contributed by atoms with Gasteiger partial charge in [0.25, 0.3) is 0 Å². The van der Waals surface area contributed by atoms with Crippen LogP contribution in [-0.2, 0) is 16.1 Å². The van der Waals surface area contributed by atoms with Crippen LogP contribution in [0.1, 0.15) is 66.7 Å². The molecule has 11 nitrogen and oxygen atoms in total. The molecule has 12 heteroatoms. The molecule has 2 unspecified atom stereocenters. The van der Waals surface area contributed by atoms with Crippen molar-refractivity contribution in [3.8, 4) is 22.9 Å². The molecule has 1 fully saturated rings. The first kappa shape index (κ1) is 33.4. The Labute approximate surface area is 255 Å². The van der Waals surface area contributed by atoms with E-state index in [1.54, 1.807) is 43.3 Å². The van der Waals surface area contributed by atoms with E-state index in [0.29, 0.717) is 23.2 Å². The van der Waals surface area contributed by atoms with Crippen molar-refractivity contribution in [3.05, 3.63) is 76.9 Å². The summed E-state index contributed by atoms with van der Waals surface area (Å²) in [6.45, 7) is 5.64. The average Bonchev–Trinajstić information content (AvgIpc) is 3.03. The van der Waals surface area contributed by atoms with Gasteiger partial charge in [0.2, 0.25) is 11.8 Å². The molecule has 0 aliphatic carbocycles. The number of anilines is 1. The molecule has 3 N–H and O–H groups in total. The highest BCUT2D eigenvalue weighted by atomic mass is 19.1. The molecular weight excluding hydrogens is 567 g/mol. The lowest BCUT2D eigenvalue weighted by atomic mass is 10.0. The third-order valence-corrected chi connectivity index (χ3v) is 7.05. The maximum atomic E-state index is 15.6. The van der Waals surface area contributed by atoms with Crippen LogP contribution in [0.25, 0.3) is 11.1 Å². The fourth-order valence-corrected chi connectivity index (χ4v) is 4.81. The van der Waals surface area contributed by atoms with Gasteiger partial charge in [0.15, 0.2) is 5.82 Å². The number of urea groups is 1. The summed E-state index contributed by atoms with van der Waals surface area (Å²) >= 11 is 0. The van der Waals surface area contributed by atoms with Crippen molar-refractivity contribution >= 4 is 29.8 Å². The first-order valence-electron chi connectivity index (χ1n) is 14.1. The van der Waals surface area contributed by atoms with E-state index in [4.69, 9.17) is 10.00 Å². The zero-order chi connectivity index (χ0) is 32.4. The Morgan fingerprint density at radius 2 is 1.98 bits per heavy atom. The van der Waals surface area contributed by atoms with Crippen LogP contribution >= 0.6 is 0 Å². The van der Waals surface area contributed by atoms with Gasteiger partial charge in [-0.05, 0) is 50.2 Å². The van der Waals surface area contributed by atoms with Gasteiger partial charge in [-0.15, -0.1) is 0 Å². The number of carbonyl (C=O) groups excluding carboxylic acids is 4. The maximum Gasteiger partial charge on any atom is 0.319 e. The number of halogens is 1. The second-order valence-corrected chi connectivity index (χ2v) is 9.85. The molecule has 1 aliphatic rings. The summed E-state index contributed by atoms with van der Waals surface area (Å²) in [5, 5.41) is 16.7. The van der Waals surface area contributed by atoms with Crippen LogP contribution in [0, 0.1) is 17.1 Å². The van der Waals surface area contributed by atoms with Crippen molar-refractivity contribution in [2.75, 3.05) is 19.5 Å². The van der Waals surface area contributed by atoms with Crippen LogP contribution in [0.4, 0.5) is 14.9 Å². The Bertz CT molecular complexity index is 1590. The van der Waals surface area contributed by atoms with Gasteiger partial charge in [0, 0.05) is 47.6 Å². The summed E-state index contributed by atoms with van der Waals surface area (Å²) in [7, 11) is 3.09. The van der Waals surface area contributed by atoms with E-state index in [0.717, 1.165) is 11.1 Å². The van der Waals surface area contributed by atoms with Gasteiger partial charge < -0.3 is 15.4 Å². The number of nitrogens with one attached hydrogen (secondary N) is 3. The number of amides is 4. The minimum Gasteiger partial charge on any atom is -0.496 e. The van der Waals surface area contributed by atoms with E-state index in [1.165, 1.54) is 25.4 Å². The minimum absolute atomic E-state index is 0.00950.